The average Bonchev–Trinajstić information content (AvgIpc) is 2.86. The van der Waals surface area contributed by atoms with Gasteiger partial charge in [0.1, 0.15) is 0 Å². The second-order valence-corrected chi connectivity index (χ2v) is 10.1. The number of carbonyl (C=O) groups is 2. The van der Waals surface area contributed by atoms with Crippen LogP contribution in [0.3, 0.4) is 0 Å². The summed E-state index contributed by atoms with van der Waals surface area (Å²) in [5.74, 6) is -1.30. The topological polar surface area (TPSA) is 128 Å². The minimum Gasteiger partial charge on any atom is -0.504 e. The number of ether oxygens (including phenoxy) is 1. The number of unbranched alkanes of at least 4 members (excludes halogenated alkanes) is 4. The monoisotopic (exact) mass is 539 g/mol. The number of phenolic OH excluding ortho intramolecular Hbond substituents is 2. The highest BCUT2D eigenvalue weighted by molar-refractivity contribution is 5.66. The third kappa shape index (κ3) is 16.5. The van der Waals surface area contributed by atoms with Gasteiger partial charge in [-0.1, -0.05) is 52.5 Å². The highest BCUT2D eigenvalue weighted by Gasteiger charge is 2.26. The van der Waals surface area contributed by atoms with Crippen molar-refractivity contribution in [3.05, 3.63) is 23.3 Å². The molecule has 38 heavy (non-hydrogen) atoms. The number of benzene rings is 1. The largest absolute Gasteiger partial charge is 0.504 e. The number of nitrogens with zero attached hydrogens (tertiary/aromatic N) is 1. The first-order valence-corrected chi connectivity index (χ1v) is 14.4. The van der Waals surface area contributed by atoms with Crippen molar-refractivity contribution in [2.45, 2.75) is 124 Å². The van der Waals surface area contributed by atoms with E-state index in [4.69, 9.17) is 14.9 Å². The fourth-order valence-corrected chi connectivity index (χ4v) is 4.34. The molecule has 0 aliphatic heterocycles. The number of hydrogen-bond acceptors (Lipinski definition) is 6. The zero-order chi connectivity index (χ0) is 28.9. The Balaban J connectivity index is 0.000000705. The fourth-order valence-electron chi connectivity index (χ4n) is 4.34. The predicted octanol–water partition coefficient (Wildman–Crippen LogP) is 6.39. The first kappa shape index (κ1) is 35.7. The van der Waals surface area contributed by atoms with Gasteiger partial charge in [-0.25, -0.2) is 0 Å². The van der Waals surface area contributed by atoms with Gasteiger partial charge in [-0.2, -0.15) is 0 Å². The Morgan fingerprint density at radius 3 is 1.97 bits per heavy atom. The molecule has 220 valence electrons. The molecule has 0 saturated carbocycles. The summed E-state index contributed by atoms with van der Waals surface area (Å²) in [7, 11) is 0. The third-order valence-corrected chi connectivity index (χ3v) is 6.39. The van der Waals surface area contributed by atoms with Crippen molar-refractivity contribution in [1.29, 1.82) is 0 Å². The molecule has 8 nitrogen and oxygen atoms in total. The summed E-state index contributed by atoms with van der Waals surface area (Å²) in [6, 6.07) is 4.04. The lowest BCUT2D eigenvalue weighted by molar-refractivity contribution is -0.138. The molecule has 0 radical (unpaired) electrons. The Hall–Kier alpha value is -2.32. The molecule has 2 rings (SSSR count). The molecule has 4 N–H and O–H groups in total. The van der Waals surface area contributed by atoms with Crippen molar-refractivity contribution in [3.8, 4) is 11.5 Å². The van der Waals surface area contributed by atoms with Gasteiger partial charge in [-0.15, -0.1) is 0 Å². The van der Waals surface area contributed by atoms with Crippen LogP contribution in [0, 0.1) is 0 Å². The number of phenols is 2. The van der Waals surface area contributed by atoms with E-state index in [1.54, 1.807) is 6.07 Å². The Bertz CT molecular complexity index is 762. The predicted molar refractivity (Wildman–Crippen MR) is 152 cm³/mol. The lowest BCUT2D eigenvalue weighted by Gasteiger charge is -2.35. The van der Waals surface area contributed by atoms with Gasteiger partial charge in [0.2, 0.25) is 0 Å². The summed E-state index contributed by atoms with van der Waals surface area (Å²) in [6.45, 7) is 13.2. The Labute approximate surface area is 230 Å². The molecule has 0 saturated heterocycles. The molecule has 0 aromatic heterocycles. The molecule has 1 aliphatic rings. The maximum atomic E-state index is 9.99. The zero-order valence-corrected chi connectivity index (χ0v) is 24.4. The molecular weight excluding hydrogens is 486 g/mol. The highest BCUT2D eigenvalue weighted by atomic mass is 16.5. The van der Waals surface area contributed by atoms with Crippen LogP contribution < -0.4 is 0 Å². The van der Waals surface area contributed by atoms with E-state index in [-0.39, 0.29) is 17.6 Å². The molecular formula is C30H53NO7. The molecule has 0 unspecified atom stereocenters. The van der Waals surface area contributed by atoms with Gasteiger partial charge in [0.25, 0.3) is 0 Å². The summed E-state index contributed by atoms with van der Waals surface area (Å²) < 4.78 is 5.70. The van der Waals surface area contributed by atoms with Gasteiger partial charge < -0.3 is 25.2 Å². The van der Waals surface area contributed by atoms with E-state index in [9.17, 15) is 19.8 Å². The molecule has 8 heteroatoms. The van der Waals surface area contributed by atoms with Crippen LogP contribution in [0.5, 0.6) is 11.5 Å². The van der Waals surface area contributed by atoms with E-state index in [0.29, 0.717) is 18.9 Å². The van der Waals surface area contributed by atoms with E-state index in [1.807, 2.05) is 6.07 Å². The third-order valence-electron chi connectivity index (χ3n) is 6.39. The van der Waals surface area contributed by atoms with Crippen LogP contribution in [0.25, 0.3) is 0 Å². The van der Waals surface area contributed by atoms with Crippen LogP contribution in [0.4, 0.5) is 0 Å². The molecule has 1 atom stereocenters. The van der Waals surface area contributed by atoms with Crippen LogP contribution in [0.2, 0.25) is 0 Å². The van der Waals surface area contributed by atoms with Crippen LogP contribution >= 0.6 is 0 Å². The van der Waals surface area contributed by atoms with Crippen molar-refractivity contribution in [2.75, 3.05) is 19.7 Å². The summed E-state index contributed by atoms with van der Waals surface area (Å²) in [6.07, 6.45) is 10.7. The molecule has 1 aromatic rings. The molecule has 1 aliphatic carbocycles. The number of aliphatic carboxylic acids is 2. The van der Waals surface area contributed by atoms with Crippen molar-refractivity contribution in [2.24, 2.45) is 0 Å². The first-order chi connectivity index (χ1) is 18.1. The second kappa shape index (κ2) is 21.6. The Morgan fingerprint density at radius 1 is 0.921 bits per heavy atom. The summed E-state index contributed by atoms with van der Waals surface area (Å²) in [4.78, 5) is 22.3. The summed E-state index contributed by atoms with van der Waals surface area (Å²) in [5.41, 5.74) is 2.09. The van der Waals surface area contributed by atoms with Crippen molar-refractivity contribution < 1.29 is 34.8 Å². The number of rotatable bonds is 15. The maximum Gasteiger partial charge on any atom is 0.303 e. The number of carboxylic acids is 2. The smallest absolute Gasteiger partial charge is 0.303 e. The minimum atomic E-state index is -0.682. The van der Waals surface area contributed by atoms with Gasteiger partial charge in [0.05, 0.1) is 12.7 Å². The van der Waals surface area contributed by atoms with E-state index in [1.165, 1.54) is 0 Å². The second-order valence-electron chi connectivity index (χ2n) is 10.1. The van der Waals surface area contributed by atoms with Crippen molar-refractivity contribution in [3.63, 3.8) is 0 Å². The van der Waals surface area contributed by atoms with Crippen molar-refractivity contribution in [1.82, 2.24) is 4.90 Å². The number of carboxylic acid groups (broad SMARTS) is 2. The summed E-state index contributed by atoms with van der Waals surface area (Å²) in [5, 5.41) is 35.9. The van der Waals surface area contributed by atoms with Gasteiger partial charge in [0.15, 0.2) is 11.5 Å². The van der Waals surface area contributed by atoms with Crippen molar-refractivity contribution >= 4 is 11.9 Å². The Morgan fingerprint density at radius 2 is 1.50 bits per heavy atom. The van der Waals surface area contributed by atoms with Gasteiger partial charge in [-0.3, -0.25) is 14.5 Å². The maximum absolute atomic E-state index is 9.99. The molecule has 0 bridgehead atoms. The number of fused-ring (bicyclic) bond motifs is 1. The molecule has 0 amide bonds. The SMILES string of the molecule is CCCCCC(=O)O.CCCCCC(=O)O.CCCN(CCOC(C)C)[C@H]1CCc2c(ccc(O)c2O)C1. The summed E-state index contributed by atoms with van der Waals surface area (Å²) >= 11 is 0. The van der Waals surface area contributed by atoms with Gasteiger partial charge in [-0.05, 0) is 70.5 Å². The number of hydrogen-bond donors (Lipinski definition) is 4. The molecule has 0 heterocycles. The minimum absolute atomic E-state index is 0.00653. The number of aromatic hydroxyl groups is 2. The molecule has 0 spiro atoms. The fraction of sp³-hybridized carbons (Fsp3) is 0.733. The standard InChI is InChI=1S/C18H29NO3.2C6H12O2/c1-4-9-19(10-11-22-13(2)3)15-6-7-16-14(12-15)5-8-17(20)18(16)21;2*1-2-3-4-5-6(7)8/h5,8,13,15,20-21H,4,6-7,9-12H2,1-3H3;2*2-5H2,1H3,(H,7,8)/t15-;;/m0../s1. The van der Waals surface area contributed by atoms with Crippen LogP contribution in [-0.4, -0.2) is 69.1 Å². The van der Waals surface area contributed by atoms with E-state index >= 15 is 0 Å². The van der Waals surface area contributed by atoms with E-state index in [0.717, 1.165) is 95.0 Å². The lowest BCUT2D eigenvalue weighted by Crippen LogP contribution is -2.42. The quantitative estimate of drug-likeness (QED) is 0.149. The van der Waals surface area contributed by atoms with Gasteiger partial charge >= 0.3 is 11.9 Å². The van der Waals surface area contributed by atoms with Crippen LogP contribution in [-0.2, 0) is 27.2 Å². The van der Waals surface area contributed by atoms with E-state index in [2.05, 4.69) is 39.5 Å². The van der Waals surface area contributed by atoms with Gasteiger partial charge in [0, 0.05) is 31.0 Å². The highest BCUT2D eigenvalue weighted by Crippen LogP contribution is 2.36. The average molecular weight is 540 g/mol. The van der Waals surface area contributed by atoms with Crippen LogP contribution in [0.15, 0.2) is 12.1 Å². The first-order valence-electron chi connectivity index (χ1n) is 14.4. The molecule has 1 aromatic carbocycles. The van der Waals surface area contributed by atoms with E-state index < -0.39 is 11.9 Å². The Kier molecular flexibility index (Phi) is 20.3. The zero-order valence-electron chi connectivity index (χ0n) is 24.4. The molecule has 0 fully saturated rings. The van der Waals surface area contributed by atoms with Crippen LogP contribution in [0.1, 0.15) is 110 Å². The lowest BCUT2D eigenvalue weighted by atomic mass is 9.86. The normalized spacial score (nSPS) is 14.2.